The van der Waals surface area contributed by atoms with Crippen LogP contribution in [-0.2, 0) is 29.0 Å². The Morgan fingerprint density at radius 2 is 1.79 bits per heavy atom. The van der Waals surface area contributed by atoms with Gasteiger partial charge >= 0.3 is 5.97 Å². The number of anilines is 2. The SMILES string of the molecule is CCOC(=O)c1c(NC(=O)C(C)Sc2cccc(NC(=O)c3ccccc3F)c2)sc2c1CCN(Cc1ccccc1)C2. The predicted molar refractivity (Wildman–Crippen MR) is 169 cm³/mol. The molecule has 1 aliphatic heterocycles. The Morgan fingerprint density at radius 3 is 2.56 bits per heavy atom. The summed E-state index contributed by atoms with van der Waals surface area (Å²) in [7, 11) is 0. The van der Waals surface area contributed by atoms with E-state index in [0.29, 0.717) is 29.2 Å². The number of nitrogens with one attached hydrogen (secondary N) is 2. The molecule has 43 heavy (non-hydrogen) atoms. The molecular formula is C33H32FN3O4S2. The highest BCUT2D eigenvalue weighted by Gasteiger charge is 2.30. The third-order valence-corrected chi connectivity index (χ3v) is 9.22. The van der Waals surface area contributed by atoms with Gasteiger partial charge in [-0.2, -0.15) is 0 Å². The molecule has 3 aromatic carbocycles. The van der Waals surface area contributed by atoms with Crippen LogP contribution in [0.1, 0.15) is 50.6 Å². The molecule has 4 aromatic rings. The Labute approximate surface area is 258 Å². The number of benzene rings is 3. The lowest BCUT2D eigenvalue weighted by atomic mass is 10.0. The molecule has 0 aliphatic carbocycles. The van der Waals surface area contributed by atoms with Gasteiger partial charge in [-0.1, -0.05) is 48.5 Å². The number of fused-ring (bicyclic) bond motifs is 1. The molecule has 2 N–H and O–H groups in total. The third kappa shape index (κ3) is 7.51. The molecule has 0 bridgehead atoms. The minimum absolute atomic E-state index is 0.0486. The second-order valence-corrected chi connectivity index (χ2v) is 12.6. The first-order valence-corrected chi connectivity index (χ1v) is 15.7. The molecule has 0 fully saturated rings. The van der Waals surface area contributed by atoms with Crippen molar-refractivity contribution in [2.24, 2.45) is 0 Å². The van der Waals surface area contributed by atoms with Crippen LogP contribution in [0.3, 0.4) is 0 Å². The van der Waals surface area contributed by atoms with Gasteiger partial charge in [-0.15, -0.1) is 23.1 Å². The fourth-order valence-electron chi connectivity index (χ4n) is 4.90. The highest BCUT2D eigenvalue weighted by molar-refractivity contribution is 8.00. The normalized spacial score (nSPS) is 13.6. The zero-order chi connectivity index (χ0) is 30.3. The molecule has 2 amide bonds. The van der Waals surface area contributed by atoms with Gasteiger partial charge in [0.25, 0.3) is 5.91 Å². The van der Waals surface area contributed by atoms with Crippen molar-refractivity contribution in [3.63, 3.8) is 0 Å². The number of rotatable bonds is 10. The van der Waals surface area contributed by atoms with Crippen LogP contribution in [0, 0.1) is 5.82 Å². The lowest BCUT2D eigenvalue weighted by molar-refractivity contribution is -0.115. The lowest BCUT2D eigenvalue weighted by Gasteiger charge is -2.27. The van der Waals surface area contributed by atoms with Crippen molar-refractivity contribution in [3.05, 3.63) is 112 Å². The Balaban J connectivity index is 1.27. The Bertz CT molecular complexity index is 1630. The number of amides is 2. The van der Waals surface area contributed by atoms with E-state index in [9.17, 15) is 18.8 Å². The van der Waals surface area contributed by atoms with Gasteiger partial charge in [0.05, 0.1) is 23.0 Å². The largest absolute Gasteiger partial charge is 0.462 e. The summed E-state index contributed by atoms with van der Waals surface area (Å²) in [5, 5.41) is 5.70. The number of nitrogens with zero attached hydrogens (tertiary/aromatic N) is 1. The van der Waals surface area contributed by atoms with Crippen LogP contribution >= 0.6 is 23.1 Å². The summed E-state index contributed by atoms with van der Waals surface area (Å²) in [6.07, 6.45) is 0.693. The summed E-state index contributed by atoms with van der Waals surface area (Å²) >= 11 is 2.74. The standard InChI is InChI=1S/C33H32FN3O4S2/c1-3-41-33(40)29-26-16-17-37(19-22-10-5-4-6-11-22)20-28(26)43-32(29)36-30(38)21(2)42-24-13-9-12-23(18-24)35-31(39)25-14-7-8-15-27(25)34/h4-15,18,21H,3,16-17,19-20H2,1-2H3,(H,35,39)(H,36,38). The summed E-state index contributed by atoms with van der Waals surface area (Å²) in [5.41, 5.74) is 3.06. The lowest BCUT2D eigenvalue weighted by Crippen LogP contribution is -2.30. The predicted octanol–water partition coefficient (Wildman–Crippen LogP) is 6.99. The molecular weight excluding hydrogens is 586 g/mol. The van der Waals surface area contributed by atoms with E-state index < -0.39 is 22.9 Å². The van der Waals surface area contributed by atoms with Gasteiger partial charge in [-0.25, -0.2) is 9.18 Å². The Hall–Kier alpha value is -3.99. The van der Waals surface area contributed by atoms with Gasteiger partial charge in [0, 0.05) is 35.1 Å². The van der Waals surface area contributed by atoms with Crippen LogP contribution in [0.15, 0.2) is 83.8 Å². The van der Waals surface area contributed by atoms with Crippen molar-refractivity contribution in [2.75, 3.05) is 23.8 Å². The topological polar surface area (TPSA) is 87.7 Å². The molecule has 1 aliphatic rings. The van der Waals surface area contributed by atoms with E-state index in [1.807, 2.05) is 24.3 Å². The van der Waals surface area contributed by atoms with Gasteiger partial charge < -0.3 is 15.4 Å². The molecule has 0 saturated carbocycles. The van der Waals surface area contributed by atoms with Gasteiger partial charge in [-0.3, -0.25) is 14.5 Å². The molecule has 1 aromatic heterocycles. The molecule has 222 valence electrons. The highest BCUT2D eigenvalue weighted by atomic mass is 32.2. The highest BCUT2D eigenvalue weighted by Crippen LogP contribution is 2.38. The molecule has 0 spiro atoms. The molecule has 1 unspecified atom stereocenters. The fourth-order valence-corrected chi connectivity index (χ4v) is 7.11. The number of hydrogen-bond donors (Lipinski definition) is 2. The van der Waals surface area contributed by atoms with Crippen molar-refractivity contribution in [1.29, 1.82) is 0 Å². The van der Waals surface area contributed by atoms with Gasteiger partial charge in [-0.05, 0) is 61.7 Å². The van der Waals surface area contributed by atoms with Crippen molar-refractivity contribution >= 4 is 51.6 Å². The van der Waals surface area contributed by atoms with Crippen LogP contribution in [-0.4, -0.2) is 41.1 Å². The van der Waals surface area contributed by atoms with E-state index in [2.05, 4.69) is 27.7 Å². The van der Waals surface area contributed by atoms with Crippen molar-refractivity contribution < 1.29 is 23.5 Å². The minimum atomic E-state index is -0.600. The molecule has 2 heterocycles. The number of hydrogen-bond acceptors (Lipinski definition) is 7. The zero-order valence-electron chi connectivity index (χ0n) is 23.9. The van der Waals surface area contributed by atoms with Crippen LogP contribution < -0.4 is 10.6 Å². The smallest absolute Gasteiger partial charge is 0.341 e. The molecule has 0 radical (unpaired) electrons. The number of thiophene rings is 1. The summed E-state index contributed by atoms with van der Waals surface area (Å²) in [5.74, 6) is -1.83. The zero-order valence-corrected chi connectivity index (χ0v) is 25.5. The first-order valence-electron chi connectivity index (χ1n) is 14.0. The average Bonchev–Trinajstić information content (AvgIpc) is 3.35. The van der Waals surface area contributed by atoms with Gasteiger partial charge in [0.15, 0.2) is 0 Å². The first-order chi connectivity index (χ1) is 20.8. The van der Waals surface area contributed by atoms with E-state index in [4.69, 9.17) is 4.74 Å². The van der Waals surface area contributed by atoms with E-state index in [-0.39, 0.29) is 18.1 Å². The van der Waals surface area contributed by atoms with E-state index in [1.165, 1.54) is 46.9 Å². The molecule has 0 saturated heterocycles. The van der Waals surface area contributed by atoms with Crippen molar-refractivity contribution in [3.8, 4) is 0 Å². The summed E-state index contributed by atoms with van der Waals surface area (Å²) in [6.45, 7) is 6.09. The maximum atomic E-state index is 14.0. The average molecular weight is 618 g/mol. The Morgan fingerprint density at radius 1 is 1.02 bits per heavy atom. The number of carbonyl (C=O) groups excluding carboxylic acids is 3. The van der Waals surface area contributed by atoms with Crippen LogP contribution in [0.4, 0.5) is 15.1 Å². The Kier molecular flexibility index (Phi) is 9.91. The second-order valence-electron chi connectivity index (χ2n) is 10.1. The quantitative estimate of drug-likeness (QED) is 0.147. The summed E-state index contributed by atoms with van der Waals surface area (Å²) in [4.78, 5) is 43.1. The van der Waals surface area contributed by atoms with E-state index >= 15 is 0 Å². The molecule has 10 heteroatoms. The molecule has 1 atom stereocenters. The number of carbonyl (C=O) groups is 3. The van der Waals surface area contributed by atoms with Crippen molar-refractivity contribution in [1.82, 2.24) is 4.90 Å². The van der Waals surface area contributed by atoms with E-state index in [0.717, 1.165) is 28.4 Å². The summed E-state index contributed by atoms with van der Waals surface area (Å²) in [6, 6.07) is 23.1. The van der Waals surface area contributed by atoms with Crippen LogP contribution in [0.25, 0.3) is 0 Å². The second kappa shape index (κ2) is 14.0. The van der Waals surface area contributed by atoms with Gasteiger partial charge in [0.1, 0.15) is 10.8 Å². The molecule has 5 rings (SSSR count). The van der Waals surface area contributed by atoms with Crippen LogP contribution in [0.2, 0.25) is 0 Å². The maximum Gasteiger partial charge on any atom is 0.341 e. The fraction of sp³-hybridized carbons (Fsp3) is 0.242. The van der Waals surface area contributed by atoms with Crippen molar-refractivity contribution in [2.45, 2.75) is 43.5 Å². The number of esters is 1. The maximum absolute atomic E-state index is 14.0. The first kappa shape index (κ1) is 30.5. The number of ether oxygens (including phenoxy) is 1. The van der Waals surface area contributed by atoms with E-state index in [1.54, 1.807) is 38.1 Å². The van der Waals surface area contributed by atoms with Gasteiger partial charge in [0.2, 0.25) is 5.91 Å². The summed E-state index contributed by atoms with van der Waals surface area (Å²) < 4.78 is 19.4. The van der Waals surface area contributed by atoms with Crippen LogP contribution in [0.5, 0.6) is 0 Å². The number of thioether (sulfide) groups is 1. The monoisotopic (exact) mass is 617 g/mol. The number of halogens is 1. The minimum Gasteiger partial charge on any atom is -0.462 e. The molecule has 7 nitrogen and oxygen atoms in total. The third-order valence-electron chi connectivity index (χ3n) is 6.99.